The van der Waals surface area contributed by atoms with Crippen LogP contribution in [0, 0.1) is 5.41 Å². The fourth-order valence-corrected chi connectivity index (χ4v) is 3.91. The lowest BCUT2D eigenvalue weighted by atomic mass is 9.78. The van der Waals surface area contributed by atoms with Crippen molar-refractivity contribution >= 4 is 23.1 Å². The molecule has 1 aliphatic carbocycles. The van der Waals surface area contributed by atoms with Crippen LogP contribution in [0.25, 0.3) is 0 Å². The molecule has 2 N–H and O–H groups in total. The molecule has 0 aromatic carbocycles. The minimum absolute atomic E-state index is 0.00997. The van der Waals surface area contributed by atoms with Crippen LogP contribution in [-0.4, -0.2) is 52.9 Å². The fourth-order valence-electron chi connectivity index (χ4n) is 3.61. The van der Waals surface area contributed by atoms with Crippen LogP contribution in [-0.2, 0) is 4.79 Å². The predicted octanol–water partition coefficient (Wildman–Crippen LogP) is 2.17. The fraction of sp³-hybridized carbons (Fsp3) is 0.875. The number of carbonyl (C=O) groups is 1. The molecule has 0 radical (unpaired) electrons. The van der Waals surface area contributed by atoms with Crippen LogP contribution in [0.3, 0.4) is 0 Å². The molecule has 0 atom stereocenters. The zero-order valence-electron chi connectivity index (χ0n) is 13.7. The second-order valence-corrected chi connectivity index (χ2v) is 7.76. The van der Waals surface area contributed by atoms with E-state index in [1.54, 1.807) is 0 Å². The molecule has 0 aromatic rings. The summed E-state index contributed by atoms with van der Waals surface area (Å²) in [5, 5.41) is 0. The lowest BCUT2D eigenvalue weighted by molar-refractivity contribution is -0.143. The van der Waals surface area contributed by atoms with E-state index in [0.29, 0.717) is 4.99 Å². The molecule has 1 heterocycles. The third kappa shape index (κ3) is 3.24. The van der Waals surface area contributed by atoms with E-state index in [9.17, 15) is 4.79 Å². The van der Waals surface area contributed by atoms with E-state index in [-0.39, 0.29) is 11.4 Å². The molecule has 1 aliphatic heterocycles. The second kappa shape index (κ2) is 6.21. The van der Waals surface area contributed by atoms with Gasteiger partial charge < -0.3 is 10.6 Å². The number of thiocarbonyl (C=S) groups is 1. The SMILES string of the molecule is CN1CCN(C(=O)C2(C(N)=S)CCCCCC2)CC1(C)C. The summed E-state index contributed by atoms with van der Waals surface area (Å²) in [4.78, 5) is 17.9. The summed E-state index contributed by atoms with van der Waals surface area (Å²) in [7, 11) is 2.12. The van der Waals surface area contributed by atoms with Crippen LogP contribution in [0.5, 0.6) is 0 Å². The van der Waals surface area contributed by atoms with Gasteiger partial charge in [0, 0.05) is 25.2 Å². The van der Waals surface area contributed by atoms with Crippen molar-refractivity contribution in [3.8, 4) is 0 Å². The van der Waals surface area contributed by atoms with Crippen molar-refractivity contribution in [3.05, 3.63) is 0 Å². The molecular weight excluding hydrogens is 282 g/mol. The maximum atomic E-state index is 13.2. The van der Waals surface area contributed by atoms with Crippen LogP contribution in [0.15, 0.2) is 0 Å². The van der Waals surface area contributed by atoms with Crippen LogP contribution < -0.4 is 5.73 Å². The lowest BCUT2D eigenvalue weighted by Crippen LogP contribution is -2.62. The maximum Gasteiger partial charge on any atom is 0.235 e. The Morgan fingerprint density at radius 3 is 2.14 bits per heavy atom. The smallest absolute Gasteiger partial charge is 0.235 e. The second-order valence-electron chi connectivity index (χ2n) is 7.32. The van der Waals surface area contributed by atoms with Gasteiger partial charge in [-0.3, -0.25) is 9.69 Å². The van der Waals surface area contributed by atoms with Crippen LogP contribution in [0.2, 0.25) is 0 Å². The van der Waals surface area contributed by atoms with E-state index < -0.39 is 5.41 Å². The van der Waals surface area contributed by atoms with Crippen molar-refractivity contribution in [1.29, 1.82) is 0 Å². The number of rotatable bonds is 2. The van der Waals surface area contributed by atoms with Gasteiger partial charge in [-0.1, -0.05) is 37.9 Å². The maximum absolute atomic E-state index is 13.2. The molecule has 2 fully saturated rings. The Morgan fingerprint density at radius 2 is 1.67 bits per heavy atom. The van der Waals surface area contributed by atoms with Gasteiger partial charge >= 0.3 is 0 Å². The van der Waals surface area contributed by atoms with Crippen molar-refractivity contribution in [2.24, 2.45) is 11.1 Å². The number of nitrogens with zero attached hydrogens (tertiary/aromatic N) is 2. The standard InChI is InChI=1S/C16H29N3OS/c1-15(2)12-19(11-10-18(15)3)14(20)16(13(17)21)8-6-4-5-7-9-16/h4-12H2,1-3H3,(H2,17,21). The van der Waals surface area contributed by atoms with Crippen molar-refractivity contribution in [2.75, 3.05) is 26.7 Å². The van der Waals surface area contributed by atoms with Gasteiger partial charge in [-0.15, -0.1) is 0 Å². The molecule has 1 amide bonds. The molecule has 0 bridgehead atoms. The molecule has 2 rings (SSSR count). The molecule has 2 aliphatic rings. The first kappa shape index (κ1) is 16.7. The first-order valence-corrected chi connectivity index (χ1v) is 8.51. The highest BCUT2D eigenvalue weighted by atomic mass is 32.1. The third-order valence-corrected chi connectivity index (χ3v) is 5.83. The topological polar surface area (TPSA) is 49.6 Å². The van der Waals surface area contributed by atoms with Gasteiger partial charge in [0.1, 0.15) is 0 Å². The predicted molar refractivity (Wildman–Crippen MR) is 90.2 cm³/mol. The highest BCUT2D eigenvalue weighted by Crippen LogP contribution is 2.38. The van der Waals surface area contributed by atoms with Crippen molar-refractivity contribution in [3.63, 3.8) is 0 Å². The highest BCUT2D eigenvalue weighted by molar-refractivity contribution is 7.80. The average molecular weight is 311 g/mol. The van der Waals surface area contributed by atoms with Gasteiger partial charge in [-0.05, 0) is 33.7 Å². The zero-order valence-corrected chi connectivity index (χ0v) is 14.5. The zero-order chi connectivity index (χ0) is 15.7. The summed E-state index contributed by atoms with van der Waals surface area (Å²) in [6, 6.07) is 0. The van der Waals surface area contributed by atoms with Gasteiger partial charge in [0.2, 0.25) is 5.91 Å². The molecule has 0 spiro atoms. The normalized spacial score (nSPS) is 26.1. The minimum Gasteiger partial charge on any atom is -0.392 e. The molecule has 0 unspecified atom stereocenters. The number of piperazine rings is 1. The molecule has 21 heavy (non-hydrogen) atoms. The molecule has 5 heteroatoms. The summed E-state index contributed by atoms with van der Waals surface area (Å²) in [6.45, 7) is 6.82. The van der Waals surface area contributed by atoms with Crippen molar-refractivity contribution < 1.29 is 4.79 Å². The van der Waals surface area contributed by atoms with Crippen LogP contribution >= 0.6 is 12.2 Å². The largest absolute Gasteiger partial charge is 0.392 e. The number of nitrogens with two attached hydrogens (primary N) is 1. The molecule has 0 aromatic heterocycles. The Bertz CT molecular complexity index is 414. The van der Waals surface area contributed by atoms with Gasteiger partial charge in [-0.2, -0.15) is 0 Å². The van der Waals surface area contributed by atoms with E-state index in [2.05, 4.69) is 25.8 Å². The number of hydrogen-bond acceptors (Lipinski definition) is 3. The average Bonchev–Trinajstić information content (AvgIpc) is 2.67. The quantitative estimate of drug-likeness (QED) is 0.627. The van der Waals surface area contributed by atoms with E-state index in [4.69, 9.17) is 18.0 Å². The molecule has 120 valence electrons. The summed E-state index contributed by atoms with van der Waals surface area (Å²) < 4.78 is 0. The van der Waals surface area contributed by atoms with E-state index in [0.717, 1.165) is 45.3 Å². The lowest BCUT2D eigenvalue weighted by Gasteiger charge is -2.47. The summed E-state index contributed by atoms with van der Waals surface area (Å²) in [5.41, 5.74) is 5.47. The Hall–Kier alpha value is -0.680. The van der Waals surface area contributed by atoms with Crippen molar-refractivity contribution in [1.82, 2.24) is 9.80 Å². The first-order valence-electron chi connectivity index (χ1n) is 8.10. The Kier molecular flexibility index (Phi) is 4.93. The minimum atomic E-state index is -0.585. The van der Waals surface area contributed by atoms with Gasteiger partial charge in [0.05, 0.1) is 10.4 Å². The molecule has 4 nitrogen and oxygen atoms in total. The number of amides is 1. The Morgan fingerprint density at radius 1 is 1.10 bits per heavy atom. The number of carbonyl (C=O) groups excluding carboxylic acids is 1. The molecular formula is C16H29N3OS. The van der Waals surface area contributed by atoms with Crippen LogP contribution in [0.1, 0.15) is 52.4 Å². The summed E-state index contributed by atoms with van der Waals surface area (Å²) in [5.74, 6) is 0.179. The monoisotopic (exact) mass is 311 g/mol. The van der Waals surface area contributed by atoms with Gasteiger partial charge in [-0.25, -0.2) is 0 Å². The number of likely N-dealkylation sites (N-methyl/N-ethyl adjacent to an activating group) is 1. The third-order valence-electron chi connectivity index (χ3n) is 5.44. The Labute approximate surface area is 134 Å². The van der Waals surface area contributed by atoms with Crippen LogP contribution in [0.4, 0.5) is 0 Å². The summed E-state index contributed by atoms with van der Waals surface area (Å²) in [6.07, 6.45) is 6.14. The first-order chi connectivity index (χ1) is 9.79. The van der Waals surface area contributed by atoms with E-state index in [1.807, 2.05) is 4.90 Å². The number of hydrogen-bond donors (Lipinski definition) is 1. The van der Waals surface area contributed by atoms with Gasteiger partial charge in [0.15, 0.2) is 0 Å². The highest BCUT2D eigenvalue weighted by Gasteiger charge is 2.46. The van der Waals surface area contributed by atoms with E-state index >= 15 is 0 Å². The Balaban J connectivity index is 2.21. The van der Waals surface area contributed by atoms with Gasteiger partial charge in [0.25, 0.3) is 0 Å². The summed E-state index contributed by atoms with van der Waals surface area (Å²) >= 11 is 5.33. The molecule has 1 saturated carbocycles. The van der Waals surface area contributed by atoms with E-state index in [1.165, 1.54) is 12.8 Å². The molecule has 1 saturated heterocycles. The van der Waals surface area contributed by atoms with Crippen molar-refractivity contribution in [2.45, 2.75) is 57.9 Å².